The SMILES string of the molecule is Cc1cccnc1C(=O)Nc1cc2c(cc1N)OCO2. The standard InChI is InChI=1S/C14H13N3O3/c1-8-3-2-4-16-13(8)14(18)17-10-6-12-11(5-9(10)15)19-7-20-12/h2-6H,7,15H2,1H3,(H,17,18). The molecule has 0 aliphatic carbocycles. The maximum atomic E-state index is 12.2. The molecule has 2 heterocycles. The minimum Gasteiger partial charge on any atom is -0.454 e. The van der Waals surface area contributed by atoms with E-state index in [9.17, 15) is 4.79 Å². The number of hydrogen-bond acceptors (Lipinski definition) is 5. The molecule has 1 aliphatic heterocycles. The van der Waals surface area contributed by atoms with E-state index in [0.29, 0.717) is 28.6 Å². The minimum atomic E-state index is -0.311. The Bertz CT molecular complexity index is 685. The van der Waals surface area contributed by atoms with Crippen molar-refractivity contribution in [3.63, 3.8) is 0 Å². The van der Waals surface area contributed by atoms with Crippen molar-refractivity contribution in [1.82, 2.24) is 4.98 Å². The third-order valence-electron chi connectivity index (χ3n) is 3.02. The first-order valence-electron chi connectivity index (χ1n) is 6.07. The van der Waals surface area contributed by atoms with Gasteiger partial charge in [0.15, 0.2) is 11.5 Å². The van der Waals surface area contributed by atoms with Crippen molar-refractivity contribution in [3.8, 4) is 11.5 Å². The molecule has 0 radical (unpaired) electrons. The van der Waals surface area contributed by atoms with Crippen molar-refractivity contribution in [2.45, 2.75) is 6.92 Å². The predicted octanol–water partition coefficient (Wildman–Crippen LogP) is 1.95. The van der Waals surface area contributed by atoms with Crippen molar-refractivity contribution in [2.24, 2.45) is 0 Å². The maximum Gasteiger partial charge on any atom is 0.274 e. The van der Waals surface area contributed by atoms with Gasteiger partial charge in [0.25, 0.3) is 5.91 Å². The lowest BCUT2D eigenvalue weighted by Gasteiger charge is -2.10. The second kappa shape index (κ2) is 4.73. The number of aryl methyl sites for hydroxylation is 1. The Labute approximate surface area is 115 Å². The molecule has 0 unspecified atom stereocenters. The molecule has 0 saturated heterocycles. The number of benzene rings is 1. The summed E-state index contributed by atoms with van der Waals surface area (Å²) in [4.78, 5) is 16.3. The molecule has 3 rings (SSSR count). The summed E-state index contributed by atoms with van der Waals surface area (Å²) < 4.78 is 10.5. The summed E-state index contributed by atoms with van der Waals surface area (Å²) in [7, 11) is 0. The van der Waals surface area contributed by atoms with Gasteiger partial charge in [0, 0.05) is 18.3 Å². The highest BCUT2D eigenvalue weighted by Crippen LogP contribution is 2.38. The van der Waals surface area contributed by atoms with Gasteiger partial charge in [-0.05, 0) is 18.6 Å². The number of hydrogen-bond donors (Lipinski definition) is 2. The molecule has 1 aromatic carbocycles. The molecule has 1 aliphatic rings. The zero-order chi connectivity index (χ0) is 14.1. The van der Waals surface area contributed by atoms with Crippen molar-refractivity contribution < 1.29 is 14.3 Å². The van der Waals surface area contributed by atoms with Crippen LogP contribution in [0.4, 0.5) is 11.4 Å². The third kappa shape index (κ3) is 2.11. The molecule has 3 N–H and O–H groups in total. The van der Waals surface area contributed by atoms with Gasteiger partial charge in [0.05, 0.1) is 11.4 Å². The second-order valence-electron chi connectivity index (χ2n) is 4.42. The van der Waals surface area contributed by atoms with E-state index in [2.05, 4.69) is 10.3 Å². The number of rotatable bonds is 2. The first-order chi connectivity index (χ1) is 9.65. The smallest absolute Gasteiger partial charge is 0.274 e. The molecule has 1 amide bonds. The van der Waals surface area contributed by atoms with Crippen LogP contribution >= 0.6 is 0 Å². The van der Waals surface area contributed by atoms with Crippen LogP contribution < -0.4 is 20.5 Å². The Balaban J connectivity index is 1.88. The number of nitrogens with two attached hydrogens (primary N) is 1. The Morgan fingerprint density at radius 1 is 1.35 bits per heavy atom. The van der Waals surface area contributed by atoms with Gasteiger partial charge < -0.3 is 20.5 Å². The number of pyridine rings is 1. The number of nitrogens with one attached hydrogen (secondary N) is 1. The summed E-state index contributed by atoms with van der Waals surface area (Å²) >= 11 is 0. The van der Waals surface area contributed by atoms with Crippen LogP contribution in [0.5, 0.6) is 11.5 Å². The average Bonchev–Trinajstić information content (AvgIpc) is 2.86. The average molecular weight is 271 g/mol. The van der Waals surface area contributed by atoms with Crippen LogP contribution in [0.1, 0.15) is 16.1 Å². The van der Waals surface area contributed by atoms with Crippen LogP contribution in [0.2, 0.25) is 0 Å². The third-order valence-corrected chi connectivity index (χ3v) is 3.02. The fourth-order valence-corrected chi connectivity index (χ4v) is 1.97. The summed E-state index contributed by atoms with van der Waals surface area (Å²) in [5.74, 6) is 0.829. The molecule has 0 saturated carbocycles. The maximum absolute atomic E-state index is 12.2. The first-order valence-corrected chi connectivity index (χ1v) is 6.07. The van der Waals surface area contributed by atoms with Gasteiger partial charge in [-0.2, -0.15) is 0 Å². The van der Waals surface area contributed by atoms with Gasteiger partial charge >= 0.3 is 0 Å². The van der Waals surface area contributed by atoms with Crippen LogP contribution in [0.25, 0.3) is 0 Å². The van der Waals surface area contributed by atoms with Crippen LogP contribution in [-0.4, -0.2) is 17.7 Å². The number of nitrogen functional groups attached to an aromatic ring is 1. The number of nitrogens with zero attached hydrogens (tertiary/aromatic N) is 1. The van der Waals surface area contributed by atoms with Crippen LogP contribution in [0.15, 0.2) is 30.5 Å². The number of aromatic nitrogens is 1. The monoisotopic (exact) mass is 271 g/mol. The molecule has 0 fully saturated rings. The number of amides is 1. The van der Waals surface area contributed by atoms with Gasteiger partial charge in [-0.15, -0.1) is 0 Å². The topological polar surface area (TPSA) is 86.5 Å². The Hall–Kier alpha value is -2.76. The molecule has 0 spiro atoms. The number of carbonyl (C=O) groups is 1. The van der Waals surface area contributed by atoms with E-state index in [1.54, 1.807) is 24.4 Å². The highest BCUT2D eigenvalue weighted by molar-refractivity contribution is 6.05. The molecule has 1 aromatic heterocycles. The number of fused-ring (bicyclic) bond motifs is 1. The Morgan fingerprint density at radius 3 is 2.85 bits per heavy atom. The van der Waals surface area contributed by atoms with Crippen molar-refractivity contribution in [1.29, 1.82) is 0 Å². The largest absolute Gasteiger partial charge is 0.454 e. The van der Waals surface area contributed by atoms with E-state index in [1.165, 1.54) is 0 Å². The molecule has 6 heteroatoms. The summed E-state index contributed by atoms with van der Waals surface area (Å²) in [6.45, 7) is 1.98. The van der Waals surface area contributed by atoms with E-state index in [0.717, 1.165) is 5.56 Å². The lowest BCUT2D eigenvalue weighted by atomic mass is 10.2. The summed E-state index contributed by atoms with van der Waals surface area (Å²) in [6, 6.07) is 6.88. The minimum absolute atomic E-state index is 0.158. The normalized spacial score (nSPS) is 12.2. The quantitative estimate of drug-likeness (QED) is 0.815. The number of ether oxygens (including phenoxy) is 2. The molecular weight excluding hydrogens is 258 g/mol. The predicted molar refractivity (Wildman–Crippen MR) is 73.9 cm³/mol. The van der Waals surface area contributed by atoms with E-state index in [1.807, 2.05) is 13.0 Å². The van der Waals surface area contributed by atoms with Gasteiger partial charge in [-0.3, -0.25) is 9.78 Å². The lowest BCUT2D eigenvalue weighted by Crippen LogP contribution is -2.16. The van der Waals surface area contributed by atoms with Crippen molar-refractivity contribution >= 4 is 17.3 Å². The van der Waals surface area contributed by atoms with Gasteiger partial charge in [-0.25, -0.2) is 0 Å². The molecular formula is C14H13N3O3. The molecule has 0 atom stereocenters. The molecule has 20 heavy (non-hydrogen) atoms. The van der Waals surface area contributed by atoms with E-state index < -0.39 is 0 Å². The molecule has 0 bridgehead atoms. The molecule has 2 aromatic rings. The Kier molecular flexibility index (Phi) is 2.90. The number of carbonyl (C=O) groups excluding carboxylic acids is 1. The van der Waals surface area contributed by atoms with Crippen LogP contribution in [0, 0.1) is 6.92 Å². The molecule has 102 valence electrons. The van der Waals surface area contributed by atoms with Crippen LogP contribution in [-0.2, 0) is 0 Å². The zero-order valence-corrected chi connectivity index (χ0v) is 10.8. The first kappa shape index (κ1) is 12.3. The van der Waals surface area contributed by atoms with Gasteiger partial charge in [0.1, 0.15) is 5.69 Å². The van der Waals surface area contributed by atoms with Crippen LogP contribution in [0.3, 0.4) is 0 Å². The summed E-state index contributed by atoms with van der Waals surface area (Å²) in [6.07, 6.45) is 1.57. The van der Waals surface area contributed by atoms with Crippen molar-refractivity contribution in [2.75, 3.05) is 17.8 Å². The zero-order valence-electron chi connectivity index (χ0n) is 10.8. The molecule has 6 nitrogen and oxygen atoms in total. The Morgan fingerprint density at radius 2 is 2.10 bits per heavy atom. The van der Waals surface area contributed by atoms with E-state index >= 15 is 0 Å². The van der Waals surface area contributed by atoms with E-state index in [4.69, 9.17) is 15.2 Å². The fourth-order valence-electron chi connectivity index (χ4n) is 1.97. The van der Waals surface area contributed by atoms with Gasteiger partial charge in [0.2, 0.25) is 6.79 Å². The highest BCUT2D eigenvalue weighted by Gasteiger charge is 2.18. The highest BCUT2D eigenvalue weighted by atomic mass is 16.7. The van der Waals surface area contributed by atoms with Gasteiger partial charge in [-0.1, -0.05) is 6.07 Å². The second-order valence-corrected chi connectivity index (χ2v) is 4.42. The lowest BCUT2D eigenvalue weighted by molar-refractivity contribution is 0.102. The van der Waals surface area contributed by atoms with Crippen molar-refractivity contribution in [3.05, 3.63) is 41.7 Å². The van der Waals surface area contributed by atoms with E-state index in [-0.39, 0.29) is 12.7 Å². The summed E-state index contributed by atoms with van der Waals surface area (Å²) in [5, 5.41) is 2.74. The fraction of sp³-hybridized carbons (Fsp3) is 0.143. The summed E-state index contributed by atoms with van der Waals surface area (Å²) in [5.41, 5.74) is 7.94. The number of anilines is 2.